The van der Waals surface area contributed by atoms with E-state index in [2.05, 4.69) is 20.6 Å². The van der Waals surface area contributed by atoms with Gasteiger partial charge in [-0.25, -0.2) is 9.97 Å². The number of rotatable bonds is 8. The molecule has 2 aromatic rings. The Hall–Kier alpha value is -2.98. The van der Waals surface area contributed by atoms with Crippen LogP contribution in [0.2, 0.25) is 0 Å². The van der Waals surface area contributed by atoms with Crippen LogP contribution < -0.4 is 10.6 Å². The molecule has 2 saturated heterocycles. The molecule has 4 atom stereocenters. The van der Waals surface area contributed by atoms with Crippen LogP contribution in [-0.2, 0) is 19.1 Å². The zero-order valence-electron chi connectivity index (χ0n) is 17.4. The molecule has 31 heavy (non-hydrogen) atoms. The summed E-state index contributed by atoms with van der Waals surface area (Å²) in [6.07, 6.45) is 2.72. The van der Waals surface area contributed by atoms with Gasteiger partial charge in [0.25, 0.3) is 0 Å². The van der Waals surface area contributed by atoms with E-state index in [1.54, 1.807) is 38.4 Å². The van der Waals surface area contributed by atoms with Crippen LogP contribution in [0, 0.1) is 5.41 Å². The van der Waals surface area contributed by atoms with Gasteiger partial charge in [-0.05, 0) is 23.6 Å². The van der Waals surface area contributed by atoms with Crippen LogP contribution in [0.3, 0.4) is 0 Å². The van der Waals surface area contributed by atoms with E-state index in [0.717, 1.165) is 0 Å². The Labute approximate surface area is 179 Å². The van der Waals surface area contributed by atoms with Crippen molar-refractivity contribution in [3.8, 4) is 11.5 Å². The summed E-state index contributed by atoms with van der Waals surface area (Å²) in [5.74, 6) is -0.0465. The average Bonchev–Trinajstić information content (AvgIpc) is 3.41. The van der Waals surface area contributed by atoms with E-state index in [0.29, 0.717) is 30.6 Å². The molecule has 0 saturated carbocycles. The van der Waals surface area contributed by atoms with E-state index in [1.165, 1.54) is 0 Å². The first kappa shape index (κ1) is 21.3. The quantitative estimate of drug-likeness (QED) is 0.571. The minimum atomic E-state index is -0.923. The fraction of sp³-hybridized carbons (Fsp3) is 0.524. The van der Waals surface area contributed by atoms with E-state index in [4.69, 9.17) is 19.0 Å². The SMILES string of the molecule is CC(C)(CC(=O)O)CC(=O)N[C@H]1CO[C@H]2[C@@H]1OC[C@@H]2Nc1nccc(-c2ccco2)n1. The van der Waals surface area contributed by atoms with Crippen molar-refractivity contribution in [1.82, 2.24) is 15.3 Å². The maximum Gasteiger partial charge on any atom is 0.303 e. The van der Waals surface area contributed by atoms with Crippen LogP contribution in [0.4, 0.5) is 5.95 Å². The number of nitrogens with zero attached hydrogens (tertiary/aromatic N) is 2. The van der Waals surface area contributed by atoms with Gasteiger partial charge in [-0.15, -0.1) is 0 Å². The second kappa shape index (κ2) is 8.64. The first-order valence-corrected chi connectivity index (χ1v) is 10.2. The molecule has 0 aliphatic carbocycles. The first-order chi connectivity index (χ1) is 14.8. The zero-order chi connectivity index (χ0) is 22.0. The summed E-state index contributed by atoms with van der Waals surface area (Å²) >= 11 is 0. The number of aromatic nitrogens is 2. The minimum Gasteiger partial charge on any atom is -0.481 e. The number of carbonyl (C=O) groups excluding carboxylic acids is 1. The highest BCUT2D eigenvalue weighted by Crippen LogP contribution is 2.30. The van der Waals surface area contributed by atoms with Gasteiger partial charge in [-0.3, -0.25) is 9.59 Å². The van der Waals surface area contributed by atoms with Gasteiger partial charge in [0.2, 0.25) is 11.9 Å². The van der Waals surface area contributed by atoms with Gasteiger partial charge < -0.3 is 29.6 Å². The Kier molecular flexibility index (Phi) is 5.92. The average molecular weight is 430 g/mol. The molecule has 0 bridgehead atoms. The van der Waals surface area contributed by atoms with Gasteiger partial charge in [0.1, 0.15) is 17.9 Å². The Morgan fingerprint density at radius 1 is 1.16 bits per heavy atom. The van der Waals surface area contributed by atoms with Crippen LogP contribution in [0.1, 0.15) is 26.7 Å². The van der Waals surface area contributed by atoms with Crippen molar-refractivity contribution < 1.29 is 28.6 Å². The highest BCUT2D eigenvalue weighted by molar-refractivity contribution is 5.78. The molecule has 3 N–H and O–H groups in total. The molecule has 166 valence electrons. The van der Waals surface area contributed by atoms with E-state index < -0.39 is 11.4 Å². The molecule has 10 nitrogen and oxygen atoms in total. The van der Waals surface area contributed by atoms with Crippen molar-refractivity contribution in [2.24, 2.45) is 5.41 Å². The van der Waals surface area contributed by atoms with Crippen molar-refractivity contribution in [1.29, 1.82) is 0 Å². The molecule has 1 amide bonds. The number of ether oxygens (including phenoxy) is 2. The molecule has 4 rings (SSSR count). The van der Waals surface area contributed by atoms with Gasteiger partial charge in [-0.1, -0.05) is 13.8 Å². The summed E-state index contributed by atoms with van der Waals surface area (Å²) in [6.45, 7) is 4.24. The number of amides is 1. The lowest BCUT2D eigenvalue weighted by atomic mass is 9.85. The van der Waals surface area contributed by atoms with E-state index in [9.17, 15) is 9.59 Å². The second-order valence-electron chi connectivity index (χ2n) is 8.68. The van der Waals surface area contributed by atoms with E-state index >= 15 is 0 Å². The standard InChI is InChI=1S/C21H26N4O6/c1-21(2,9-17(27)28)8-16(26)23-13-10-30-19-14(11-31-18(13)19)25-20-22-6-5-12(24-20)15-4-3-7-29-15/h3-7,13-14,18-19H,8-11H2,1-2H3,(H,23,26)(H,27,28)(H,22,24,25)/t13-,14-,18+,19+/m0/s1. The maximum atomic E-state index is 12.4. The number of fused-ring (bicyclic) bond motifs is 1. The number of furan rings is 1. The lowest BCUT2D eigenvalue weighted by Crippen LogP contribution is -2.45. The number of carboxylic acids is 1. The summed E-state index contributed by atoms with van der Waals surface area (Å²) in [7, 11) is 0. The molecule has 0 unspecified atom stereocenters. The monoisotopic (exact) mass is 430 g/mol. The van der Waals surface area contributed by atoms with Crippen LogP contribution >= 0.6 is 0 Å². The number of carbonyl (C=O) groups is 2. The molecule has 2 aliphatic rings. The Bertz CT molecular complexity index is 932. The van der Waals surface area contributed by atoms with Gasteiger partial charge in [0.05, 0.1) is 38.0 Å². The molecule has 2 aromatic heterocycles. The largest absolute Gasteiger partial charge is 0.481 e. The molecule has 0 spiro atoms. The first-order valence-electron chi connectivity index (χ1n) is 10.2. The summed E-state index contributed by atoms with van der Waals surface area (Å²) in [5.41, 5.74) is 0.0329. The third-order valence-electron chi connectivity index (χ3n) is 5.41. The fourth-order valence-electron chi connectivity index (χ4n) is 4.07. The van der Waals surface area contributed by atoms with Crippen LogP contribution in [0.25, 0.3) is 11.5 Å². The molecular weight excluding hydrogens is 404 g/mol. The smallest absolute Gasteiger partial charge is 0.303 e. The summed E-state index contributed by atoms with van der Waals surface area (Å²) in [6, 6.07) is 4.93. The molecular formula is C21H26N4O6. The zero-order valence-corrected chi connectivity index (χ0v) is 17.4. The normalized spacial score (nSPS) is 25.2. The van der Waals surface area contributed by atoms with Crippen LogP contribution in [0.15, 0.2) is 35.1 Å². The number of hydrogen-bond donors (Lipinski definition) is 3. The number of nitrogens with one attached hydrogen (secondary N) is 2. The Morgan fingerprint density at radius 2 is 1.90 bits per heavy atom. The number of carboxylic acid groups (broad SMARTS) is 1. The molecule has 0 aromatic carbocycles. The molecule has 2 aliphatic heterocycles. The third kappa shape index (κ3) is 5.02. The predicted molar refractivity (Wildman–Crippen MR) is 109 cm³/mol. The second-order valence-corrected chi connectivity index (χ2v) is 8.68. The van der Waals surface area contributed by atoms with Crippen molar-refractivity contribution in [2.45, 2.75) is 51.0 Å². The summed E-state index contributed by atoms with van der Waals surface area (Å²) < 4.78 is 17.2. The number of hydrogen-bond acceptors (Lipinski definition) is 8. The Balaban J connectivity index is 1.34. The summed E-state index contributed by atoms with van der Waals surface area (Å²) in [5, 5.41) is 15.2. The molecule has 2 fully saturated rings. The van der Waals surface area contributed by atoms with Crippen LogP contribution in [0.5, 0.6) is 0 Å². The van der Waals surface area contributed by atoms with Crippen molar-refractivity contribution in [3.05, 3.63) is 30.7 Å². The molecule has 0 radical (unpaired) electrons. The van der Waals surface area contributed by atoms with Crippen molar-refractivity contribution in [3.63, 3.8) is 0 Å². The van der Waals surface area contributed by atoms with Gasteiger partial charge in [0.15, 0.2) is 5.76 Å². The molecule has 4 heterocycles. The summed E-state index contributed by atoms with van der Waals surface area (Å²) in [4.78, 5) is 32.2. The minimum absolute atomic E-state index is 0.0762. The van der Waals surface area contributed by atoms with Gasteiger partial charge in [0, 0.05) is 12.6 Å². The number of anilines is 1. The highest BCUT2D eigenvalue weighted by atomic mass is 16.6. The van der Waals surface area contributed by atoms with E-state index in [-0.39, 0.29) is 43.0 Å². The van der Waals surface area contributed by atoms with E-state index in [1.807, 2.05) is 6.07 Å². The number of aliphatic carboxylic acids is 1. The lowest BCUT2D eigenvalue weighted by Gasteiger charge is -2.24. The lowest BCUT2D eigenvalue weighted by molar-refractivity contribution is -0.139. The Morgan fingerprint density at radius 3 is 2.61 bits per heavy atom. The topological polar surface area (TPSA) is 136 Å². The third-order valence-corrected chi connectivity index (χ3v) is 5.41. The van der Waals surface area contributed by atoms with Crippen molar-refractivity contribution >= 4 is 17.8 Å². The van der Waals surface area contributed by atoms with Gasteiger partial charge in [-0.2, -0.15) is 0 Å². The maximum absolute atomic E-state index is 12.4. The van der Waals surface area contributed by atoms with Crippen molar-refractivity contribution in [2.75, 3.05) is 18.5 Å². The van der Waals surface area contributed by atoms with Crippen LogP contribution in [-0.4, -0.2) is 64.5 Å². The predicted octanol–water partition coefficient (Wildman–Crippen LogP) is 1.69. The molecule has 10 heteroatoms. The highest BCUT2D eigenvalue weighted by Gasteiger charge is 2.48. The van der Waals surface area contributed by atoms with Gasteiger partial charge >= 0.3 is 5.97 Å². The fourth-order valence-corrected chi connectivity index (χ4v) is 4.07.